The molecular weight excluding hydrogens is 240 g/mol. The van der Waals surface area contributed by atoms with Gasteiger partial charge in [-0.15, -0.1) is 0 Å². The molecule has 0 radical (unpaired) electrons. The van der Waals surface area contributed by atoms with Crippen molar-refractivity contribution >= 4 is 10.0 Å². The summed E-state index contributed by atoms with van der Waals surface area (Å²) in [4.78, 5) is 0.264. The van der Waals surface area contributed by atoms with Gasteiger partial charge in [-0.25, -0.2) is 8.42 Å². The number of nitrogens with one attached hydrogen (secondary N) is 1. The van der Waals surface area contributed by atoms with E-state index in [-0.39, 0.29) is 17.0 Å². The normalized spacial score (nSPS) is 27.2. The Morgan fingerprint density at radius 2 is 1.94 bits per heavy atom. The van der Waals surface area contributed by atoms with E-state index in [0.717, 1.165) is 0 Å². The van der Waals surface area contributed by atoms with Crippen LogP contribution in [-0.2, 0) is 17.1 Å². The summed E-state index contributed by atoms with van der Waals surface area (Å²) in [6, 6.07) is -0.0760. The number of hydrogen-bond donors (Lipinski definition) is 1. The smallest absolute Gasteiger partial charge is 0.246 e. The van der Waals surface area contributed by atoms with Gasteiger partial charge in [0.25, 0.3) is 0 Å². The van der Waals surface area contributed by atoms with Crippen LogP contribution in [0.3, 0.4) is 0 Å². The van der Waals surface area contributed by atoms with Crippen molar-refractivity contribution in [2.45, 2.75) is 30.8 Å². The number of rotatable bonds is 2. The average molecular weight is 258 g/mol. The van der Waals surface area contributed by atoms with Crippen LogP contribution in [-0.4, -0.2) is 47.7 Å². The minimum absolute atomic E-state index is 0.0380. The fourth-order valence-electron chi connectivity index (χ4n) is 2.24. The van der Waals surface area contributed by atoms with E-state index in [1.54, 1.807) is 11.4 Å². The van der Waals surface area contributed by atoms with E-state index < -0.39 is 10.0 Å². The molecular formula is C10H18N4O2S. The molecule has 2 unspecified atom stereocenters. The predicted octanol–water partition coefficient (Wildman–Crippen LogP) is -0.209. The Labute approximate surface area is 102 Å². The van der Waals surface area contributed by atoms with Crippen molar-refractivity contribution in [1.82, 2.24) is 19.4 Å². The Balaban J connectivity index is 2.37. The van der Waals surface area contributed by atoms with Crippen LogP contribution >= 0.6 is 0 Å². The number of aryl methyl sites for hydroxylation is 1. The van der Waals surface area contributed by atoms with Gasteiger partial charge in [-0.1, -0.05) is 0 Å². The lowest BCUT2D eigenvalue weighted by Crippen LogP contribution is -2.56. The van der Waals surface area contributed by atoms with Gasteiger partial charge in [0.15, 0.2) is 0 Å². The first-order chi connectivity index (χ1) is 7.93. The molecule has 0 aromatic carbocycles. The largest absolute Gasteiger partial charge is 0.314 e. The molecule has 17 heavy (non-hydrogen) atoms. The second-order valence-electron chi connectivity index (χ2n) is 4.54. The Morgan fingerprint density at radius 1 is 1.35 bits per heavy atom. The van der Waals surface area contributed by atoms with Crippen LogP contribution in [0, 0.1) is 0 Å². The summed E-state index contributed by atoms with van der Waals surface area (Å²) in [6.07, 6.45) is 2.94. The first-order valence-corrected chi connectivity index (χ1v) is 7.10. The van der Waals surface area contributed by atoms with E-state index in [9.17, 15) is 8.42 Å². The van der Waals surface area contributed by atoms with Gasteiger partial charge in [0.05, 0.1) is 6.20 Å². The van der Waals surface area contributed by atoms with E-state index in [1.807, 2.05) is 13.8 Å². The fourth-order valence-corrected chi connectivity index (χ4v) is 4.05. The lowest BCUT2D eigenvalue weighted by Gasteiger charge is -2.37. The summed E-state index contributed by atoms with van der Waals surface area (Å²) in [5.74, 6) is 0. The molecule has 6 nitrogen and oxygen atoms in total. The summed E-state index contributed by atoms with van der Waals surface area (Å²) in [7, 11) is -1.72. The Morgan fingerprint density at radius 3 is 2.41 bits per heavy atom. The third-order valence-corrected chi connectivity index (χ3v) is 5.09. The number of nitrogens with zero attached hydrogens (tertiary/aromatic N) is 3. The highest BCUT2D eigenvalue weighted by Crippen LogP contribution is 2.21. The van der Waals surface area contributed by atoms with Crippen LogP contribution in [0.1, 0.15) is 13.8 Å². The maximum absolute atomic E-state index is 12.5. The zero-order valence-electron chi connectivity index (χ0n) is 10.3. The molecule has 1 fully saturated rings. The molecule has 0 amide bonds. The molecule has 0 aliphatic carbocycles. The number of aromatic nitrogens is 2. The first-order valence-electron chi connectivity index (χ1n) is 5.66. The van der Waals surface area contributed by atoms with Crippen molar-refractivity contribution in [3.05, 3.63) is 12.4 Å². The van der Waals surface area contributed by atoms with Crippen molar-refractivity contribution in [3.63, 3.8) is 0 Å². The van der Waals surface area contributed by atoms with Crippen molar-refractivity contribution in [1.29, 1.82) is 0 Å². The van der Waals surface area contributed by atoms with E-state index in [2.05, 4.69) is 10.4 Å². The highest BCUT2D eigenvalue weighted by Gasteiger charge is 2.36. The molecule has 2 heterocycles. The molecule has 0 saturated carbocycles. The van der Waals surface area contributed by atoms with Crippen LogP contribution in [0.4, 0.5) is 0 Å². The van der Waals surface area contributed by atoms with E-state index in [4.69, 9.17) is 0 Å². The summed E-state index contributed by atoms with van der Waals surface area (Å²) >= 11 is 0. The quantitative estimate of drug-likeness (QED) is 0.797. The van der Waals surface area contributed by atoms with E-state index >= 15 is 0 Å². The van der Waals surface area contributed by atoms with Crippen LogP contribution in [0.5, 0.6) is 0 Å². The average Bonchev–Trinajstić information content (AvgIpc) is 2.64. The SMILES string of the molecule is CC1CNCC(C)N1S(=O)(=O)c1cnn(C)c1. The number of piperazine rings is 1. The Bertz CT molecular complexity index is 486. The zero-order chi connectivity index (χ0) is 12.6. The standard InChI is InChI=1S/C10H18N4O2S/c1-8-4-11-5-9(2)14(8)17(15,16)10-6-12-13(3)7-10/h6-9,11H,4-5H2,1-3H3. The van der Waals surface area contributed by atoms with Crippen LogP contribution < -0.4 is 5.32 Å². The topological polar surface area (TPSA) is 67.2 Å². The lowest BCUT2D eigenvalue weighted by molar-refractivity contribution is 0.220. The molecule has 0 bridgehead atoms. The zero-order valence-corrected chi connectivity index (χ0v) is 11.1. The van der Waals surface area contributed by atoms with Crippen molar-refractivity contribution in [2.24, 2.45) is 7.05 Å². The van der Waals surface area contributed by atoms with Gasteiger partial charge in [0, 0.05) is 38.4 Å². The van der Waals surface area contributed by atoms with Gasteiger partial charge in [0.2, 0.25) is 10.0 Å². The third-order valence-electron chi connectivity index (χ3n) is 3.00. The molecule has 7 heteroatoms. The Hall–Kier alpha value is -0.920. The highest BCUT2D eigenvalue weighted by atomic mass is 32.2. The van der Waals surface area contributed by atoms with E-state index in [0.29, 0.717) is 13.1 Å². The molecule has 0 spiro atoms. The fraction of sp³-hybridized carbons (Fsp3) is 0.700. The van der Waals surface area contributed by atoms with Gasteiger partial charge >= 0.3 is 0 Å². The minimum atomic E-state index is -3.43. The van der Waals surface area contributed by atoms with Crippen LogP contribution in [0.25, 0.3) is 0 Å². The molecule has 1 aromatic heterocycles. The summed E-state index contributed by atoms with van der Waals surface area (Å²) in [5, 5.41) is 7.14. The third kappa shape index (κ3) is 2.22. The molecule has 2 rings (SSSR count). The maximum atomic E-state index is 12.5. The van der Waals surface area contributed by atoms with Gasteiger partial charge in [-0.2, -0.15) is 9.40 Å². The minimum Gasteiger partial charge on any atom is -0.314 e. The van der Waals surface area contributed by atoms with Gasteiger partial charge in [0.1, 0.15) is 4.90 Å². The van der Waals surface area contributed by atoms with Crippen molar-refractivity contribution in [3.8, 4) is 0 Å². The molecule has 1 N–H and O–H groups in total. The summed E-state index contributed by atoms with van der Waals surface area (Å²) < 4.78 is 28.0. The van der Waals surface area contributed by atoms with Crippen molar-refractivity contribution < 1.29 is 8.42 Å². The molecule has 96 valence electrons. The second kappa shape index (κ2) is 4.40. The molecule has 1 aliphatic heterocycles. The number of hydrogen-bond acceptors (Lipinski definition) is 4. The predicted molar refractivity (Wildman–Crippen MR) is 64.0 cm³/mol. The second-order valence-corrected chi connectivity index (χ2v) is 6.38. The van der Waals surface area contributed by atoms with Gasteiger partial charge < -0.3 is 5.32 Å². The highest BCUT2D eigenvalue weighted by molar-refractivity contribution is 7.89. The van der Waals surface area contributed by atoms with Crippen molar-refractivity contribution in [2.75, 3.05) is 13.1 Å². The molecule has 1 aliphatic rings. The maximum Gasteiger partial charge on any atom is 0.246 e. The van der Waals surface area contributed by atoms with Crippen LogP contribution in [0.15, 0.2) is 17.3 Å². The van der Waals surface area contributed by atoms with Gasteiger partial charge in [-0.05, 0) is 13.8 Å². The molecule has 1 aromatic rings. The van der Waals surface area contributed by atoms with Crippen LogP contribution in [0.2, 0.25) is 0 Å². The van der Waals surface area contributed by atoms with Gasteiger partial charge in [-0.3, -0.25) is 4.68 Å². The first kappa shape index (κ1) is 12.5. The lowest BCUT2D eigenvalue weighted by atomic mass is 10.2. The molecule has 2 atom stereocenters. The monoisotopic (exact) mass is 258 g/mol. The van der Waals surface area contributed by atoms with E-state index in [1.165, 1.54) is 17.1 Å². The molecule has 1 saturated heterocycles. The Kier molecular flexibility index (Phi) is 3.24. The number of sulfonamides is 1. The summed E-state index contributed by atoms with van der Waals surface area (Å²) in [5.41, 5.74) is 0. The summed E-state index contributed by atoms with van der Waals surface area (Å²) in [6.45, 7) is 5.20.